The molecule has 0 amide bonds. The van der Waals surface area contributed by atoms with Crippen LogP contribution in [0.15, 0.2) is 23.8 Å². The van der Waals surface area contributed by atoms with Crippen LogP contribution in [-0.2, 0) is 0 Å². The Morgan fingerprint density at radius 2 is 1.55 bits per heavy atom. The minimum absolute atomic E-state index is 0.0327. The molecule has 0 aromatic rings. The fourth-order valence-electron chi connectivity index (χ4n) is 8.09. The number of aliphatic hydroxyl groups excluding tert-OH is 2. The Bertz CT molecular complexity index is 836. The van der Waals surface area contributed by atoms with Crippen LogP contribution in [0.3, 0.4) is 0 Å². The number of hydrogen-bond donors (Lipinski definition) is 5. The van der Waals surface area contributed by atoms with Crippen molar-refractivity contribution in [3.05, 3.63) is 23.8 Å². The van der Waals surface area contributed by atoms with E-state index in [1.165, 1.54) is 0 Å². The largest absolute Gasteiger partial charge is 0.393 e. The minimum atomic E-state index is -1.62. The maximum absolute atomic E-state index is 12.3. The standard InChI is InChI=1S/C28H46O5/c1-17(2)18(3)7-8-19(4)21-10-12-26(31)22-15-23(30)28(33)16-20(29)9-11-25(28,6)27(22,32)14-13-24(21,26)5/h7-8,15,17-21,23,29-33H,9-14,16H2,1-6H3/b8-7+/t18-,19+,20-,21+,23+,24+,25+,26+,27+,28-/m0/s1. The van der Waals surface area contributed by atoms with Gasteiger partial charge in [0.15, 0.2) is 0 Å². The van der Waals surface area contributed by atoms with Gasteiger partial charge in [-0.15, -0.1) is 0 Å². The predicted molar refractivity (Wildman–Crippen MR) is 129 cm³/mol. The second kappa shape index (κ2) is 7.89. The molecule has 3 saturated carbocycles. The lowest BCUT2D eigenvalue weighted by Gasteiger charge is -2.67. The second-order valence-corrected chi connectivity index (χ2v) is 12.8. The van der Waals surface area contributed by atoms with Gasteiger partial charge in [-0.1, -0.05) is 53.7 Å². The molecule has 0 saturated heterocycles. The average molecular weight is 463 g/mol. The van der Waals surface area contributed by atoms with Gasteiger partial charge >= 0.3 is 0 Å². The lowest BCUT2D eigenvalue weighted by molar-refractivity contribution is -0.269. The fraction of sp³-hybridized carbons (Fsp3) is 0.857. The minimum Gasteiger partial charge on any atom is -0.393 e. The number of aliphatic hydroxyl groups is 5. The Morgan fingerprint density at radius 3 is 2.18 bits per heavy atom. The van der Waals surface area contributed by atoms with Crippen molar-refractivity contribution < 1.29 is 25.5 Å². The summed E-state index contributed by atoms with van der Waals surface area (Å²) in [4.78, 5) is 0. The lowest BCUT2D eigenvalue weighted by atomic mass is 9.42. The number of hydrogen-bond acceptors (Lipinski definition) is 5. The highest BCUT2D eigenvalue weighted by atomic mass is 16.4. The highest BCUT2D eigenvalue weighted by Crippen LogP contribution is 2.70. The van der Waals surface area contributed by atoms with E-state index in [9.17, 15) is 25.5 Å². The van der Waals surface area contributed by atoms with Crippen LogP contribution in [0.1, 0.15) is 86.5 Å². The molecule has 0 spiro atoms. The first-order valence-electron chi connectivity index (χ1n) is 13.1. The molecular weight excluding hydrogens is 416 g/mol. The molecule has 0 radical (unpaired) electrons. The highest BCUT2D eigenvalue weighted by Gasteiger charge is 2.74. The Hall–Kier alpha value is -0.720. The summed E-state index contributed by atoms with van der Waals surface area (Å²) < 4.78 is 0. The SMILES string of the molecule is CC(C)[C@@H](C)/C=C/[C@@H](C)[C@H]1CC[C@@]2(O)C3=C[C@@H](O)[C@@]4(O)C[C@@H](O)CC[C@]4(C)[C@@]3(O)CC[C@]12C. The van der Waals surface area contributed by atoms with Crippen LogP contribution in [0.25, 0.3) is 0 Å². The summed E-state index contributed by atoms with van der Waals surface area (Å²) in [6, 6.07) is 0. The first-order valence-corrected chi connectivity index (χ1v) is 13.1. The van der Waals surface area contributed by atoms with Crippen LogP contribution in [-0.4, -0.2) is 54.5 Å². The van der Waals surface area contributed by atoms with E-state index < -0.39 is 39.8 Å². The van der Waals surface area contributed by atoms with Crippen molar-refractivity contribution in [1.82, 2.24) is 0 Å². The highest BCUT2D eigenvalue weighted by molar-refractivity contribution is 5.45. The van der Waals surface area contributed by atoms with Crippen molar-refractivity contribution in [2.75, 3.05) is 0 Å². The van der Waals surface area contributed by atoms with Gasteiger partial charge in [0.1, 0.15) is 11.7 Å². The van der Waals surface area contributed by atoms with Gasteiger partial charge in [0.2, 0.25) is 0 Å². The van der Waals surface area contributed by atoms with Crippen LogP contribution in [0.2, 0.25) is 0 Å². The molecule has 4 rings (SSSR count). The maximum atomic E-state index is 12.3. The third-order valence-corrected chi connectivity index (χ3v) is 11.1. The van der Waals surface area contributed by atoms with Gasteiger partial charge < -0.3 is 25.5 Å². The molecule has 0 unspecified atom stereocenters. The van der Waals surface area contributed by atoms with E-state index in [-0.39, 0.29) is 12.3 Å². The number of rotatable bonds is 4. The Labute approximate surface area is 199 Å². The van der Waals surface area contributed by atoms with E-state index in [0.717, 1.165) is 6.42 Å². The normalized spacial score (nSPS) is 51.6. The summed E-state index contributed by atoms with van der Waals surface area (Å²) in [5.74, 6) is 1.63. The van der Waals surface area contributed by atoms with E-state index in [1.807, 2.05) is 6.92 Å². The van der Waals surface area contributed by atoms with Gasteiger partial charge in [0, 0.05) is 17.3 Å². The van der Waals surface area contributed by atoms with Crippen LogP contribution in [0, 0.1) is 34.5 Å². The molecule has 0 aromatic carbocycles. The molecule has 0 aliphatic heterocycles. The summed E-state index contributed by atoms with van der Waals surface area (Å²) in [6.45, 7) is 12.9. The van der Waals surface area contributed by atoms with E-state index in [4.69, 9.17) is 0 Å². The Balaban J connectivity index is 1.72. The van der Waals surface area contributed by atoms with Crippen molar-refractivity contribution in [2.45, 2.75) is 115 Å². The molecule has 4 aliphatic rings. The third-order valence-electron chi connectivity index (χ3n) is 11.1. The molecule has 188 valence electrons. The summed E-state index contributed by atoms with van der Waals surface area (Å²) in [7, 11) is 0. The quantitative estimate of drug-likeness (QED) is 0.410. The molecule has 0 aromatic heterocycles. The zero-order valence-electron chi connectivity index (χ0n) is 21.4. The molecule has 5 heteroatoms. The molecule has 10 atom stereocenters. The van der Waals surface area contributed by atoms with Crippen LogP contribution < -0.4 is 0 Å². The molecule has 5 nitrogen and oxygen atoms in total. The molecular formula is C28H46O5. The van der Waals surface area contributed by atoms with Crippen molar-refractivity contribution in [3.63, 3.8) is 0 Å². The summed E-state index contributed by atoms with van der Waals surface area (Å²) in [6.07, 6.45) is 7.61. The second-order valence-electron chi connectivity index (χ2n) is 12.8. The number of allylic oxidation sites excluding steroid dienone is 2. The van der Waals surface area contributed by atoms with E-state index in [2.05, 4.69) is 46.8 Å². The zero-order chi connectivity index (χ0) is 24.6. The van der Waals surface area contributed by atoms with Gasteiger partial charge in [-0.25, -0.2) is 0 Å². The Kier molecular flexibility index (Phi) is 6.07. The Morgan fingerprint density at radius 1 is 0.879 bits per heavy atom. The molecule has 0 bridgehead atoms. The molecule has 0 heterocycles. The third kappa shape index (κ3) is 3.22. The van der Waals surface area contributed by atoms with E-state index in [1.54, 1.807) is 6.08 Å². The molecule has 4 aliphatic carbocycles. The van der Waals surface area contributed by atoms with Crippen molar-refractivity contribution in [2.24, 2.45) is 34.5 Å². The van der Waals surface area contributed by atoms with Gasteiger partial charge in [-0.2, -0.15) is 0 Å². The van der Waals surface area contributed by atoms with Crippen LogP contribution in [0.4, 0.5) is 0 Å². The smallest absolute Gasteiger partial charge is 0.105 e. The van der Waals surface area contributed by atoms with E-state index in [0.29, 0.717) is 55.4 Å². The van der Waals surface area contributed by atoms with Crippen molar-refractivity contribution in [1.29, 1.82) is 0 Å². The van der Waals surface area contributed by atoms with Crippen LogP contribution in [0.5, 0.6) is 0 Å². The first-order chi connectivity index (χ1) is 15.2. The van der Waals surface area contributed by atoms with Gasteiger partial charge in [-0.3, -0.25) is 0 Å². The molecule has 3 fully saturated rings. The van der Waals surface area contributed by atoms with E-state index >= 15 is 0 Å². The zero-order valence-corrected chi connectivity index (χ0v) is 21.4. The van der Waals surface area contributed by atoms with Gasteiger partial charge in [0.25, 0.3) is 0 Å². The summed E-state index contributed by atoms with van der Waals surface area (Å²) in [5, 5.41) is 57.4. The van der Waals surface area contributed by atoms with Gasteiger partial charge in [-0.05, 0) is 73.8 Å². The lowest BCUT2D eigenvalue weighted by Crippen LogP contribution is -2.75. The fourth-order valence-corrected chi connectivity index (χ4v) is 8.09. The summed E-state index contributed by atoms with van der Waals surface area (Å²) >= 11 is 0. The van der Waals surface area contributed by atoms with Crippen molar-refractivity contribution >= 4 is 0 Å². The van der Waals surface area contributed by atoms with Gasteiger partial charge in [0.05, 0.1) is 17.3 Å². The predicted octanol–water partition coefficient (Wildman–Crippen LogP) is 3.73. The van der Waals surface area contributed by atoms with Crippen molar-refractivity contribution in [3.8, 4) is 0 Å². The topological polar surface area (TPSA) is 101 Å². The monoisotopic (exact) mass is 462 g/mol. The average Bonchev–Trinajstić information content (AvgIpc) is 3.02. The first kappa shape index (κ1) is 25.4. The molecule has 5 N–H and O–H groups in total. The van der Waals surface area contributed by atoms with Crippen LogP contribution >= 0.6 is 0 Å². The summed E-state index contributed by atoms with van der Waals surface area (Å²) in [5.41, 5.74) is -5.19. The molecule has 33 heavy (non-hydrogen) atoms. The number of fused-ring (bicyclic) bond motifs is 5. The maximum Gasteiger partial charge on any atom is 0.105 e.